The van der Waals surface area contributed by atoms with E-state index in [1.165, 1.54) is 12.1 Å². The number of hydrogen-bond donors (Lipinski definition) is 3. The van der Waals surface area contributed by atoms with E-state index in [2.05, 4.69) is 0 Å². The molecule has 3 N–H and O–H groups in total. The summed E-state index contributed by atoms with van der Waals surface area (Å²) in [5.41, 5.74) is -2.81. The van der Waals surface area contributed by atoms with E-state index in [0.29, 0.717) is 6.42 Å². The maximum absolute atomic E-state index is 12.7. The van der Waals surface area contributed by atoms with Gasteiger partial charge in [-0.25, -0.2) is 4.79 Å². The third-order valence-corrected chi connectivity index (χ3v) is 5.84. The molecule has 1 aromatic carbocycles. The lowest BCUT2D eigenvalue weighted by atomic mass is 9.62. The Hall–Kier alpha value is -2.61. The molecule has 4 atom stereocenters. The van der Waals surface area contributed by atoms with Crippen molar-refractivity contribution < 1.29 is 39.2 Å². The number of phenolic OH excluding ortho intramolecular Hbond substituents is 2. The van der Waals surface area contributed by atoms with Crippen LogP contribution in [0.3, 0.4) is 0 Å². The van der Waals surface area contributed by atoms with Crippen LogP contribution in [0.2, 0.25) is 0 Å². The Kier molecular flexibility index (Phi) is 3.15. The van der Waals surface area contributed by atoms with Gasteiger partial charge >= 0.3 is 11.9 Å². The van der Waals surface area contributed by atoms with Gasteiger partial charge in [0.2, 0.25) is 0 Å². The van der Waals surface area contributed by atoms with E-state index in [-0.39, 0.29) is 36.5 Å². The molecule has 3 aliphatic rings. The van der Waals surface area contributed by atoms with E-state index in [1.54, 1.807) is 0 Å². The molecule has 1 aliphatic carbocycles. The van der Waals surface area contributed by atoms with Crippen LogP contribution in [-0.4, -0.2) is 51.9 Å². The predicted molar refractivity (Wildman–Crippen MR) is 79.7 cm³/mol. The topological polar surface area (TPSA) is 130 Å². The van der Waals surface area contributed by atoms with Gasteiger partial charge in [-0.05, 0) is 31.0 Å². The summed E-state index contributed by atoms with van der Waals surface area (Å²) in [6, 6.07) is 3.52. The van der Waals surface area contributed by atoms with Crippen molar-refractivity contribution in [1.29, 1.82) is 0 Å². The van der Waals surface area contributed by atoms with Crippen LogP contribution in [-0.2, 0) is 19.1 Å². The lowest BCUT2D eigenvalue weighted by molar-refractivity contribution is -0.149. The molecule has 1 unspecified atom stereocenters. The SMILES string of the molecule is O=C(C[C@@]12CCC3OC(=O)[C@@H](O)[C@]31COC2=O)c1cc(O)ccc1O. The van der Waals surface area contributed by atoms with Crippen molar-refractivity contribution in [1.82, 2.24) is 0 Å². The summed E-state index contributed by atoms with van der Waals surface area (Å²) in [6.45, 7) is -0.192. The molecule has 2 heterocycles. The largest absolute Gasteiger partial charge is 0.508 e. The van der Waals surface area contributed by atoms with Crippen LogP contribution in [0.1, 0.15) is 29.6 Å². The average molecular weight is 348 g/mol. The number of Topliss-reactive ketones (excluding diaryl/α,β-unsaturated/α-hetero) is 1. The first kappa shape index (κ1) is 15.9. The van der Waals surface area contributed by atoms with E-state index >= 15 is 0 Å². The number of benzene rings is 1. The van der Waals surface area contributed by atoms with Gasteiger partial charge in [0.05, 0.1) is 16.4 Å². The number of carbonyl (C=O) groups excluding carboxylic acids is 3. The fourth-order valence-corrected chi connectivity index (χ4v) is 4.56. The van der Waals surface area contributed by atoms with Crippen LogP contribution < -0.4 is 0 Å². The van der Waals surface area contributed by atoms with Crippen molar-refractivity contribution >= 4 is 17.7 Å². The molecule has 132 valence electrons. The lowest BCUT2D eigenvalue weighted by Crippen LogP contribution is -2.50. The first-order valence-corrected chi connectivity index (χ1v) is 7.93. The van der Waals surface area contributed by atoms with Crippen molar-refractivity contribution in [3.8, 4) is 11.5 Å². The highest BCUT2D eigenvalue weighted by molar-refractivity contribution is 6.02. The molecular weight excluding hydrogens is 332 g/mol. The van der Waals surface area contributed by atoms with Gasteiger partial charge in [0, 0.05) is 6.42 Å². The zero-order valence-corrected chi connectivity index (χ0v) is 13.1. The highest BCUT2D eigenvalue weighted by Gasteiger charge is 2.78. The Labute approximate surface area is 142 Å². The average Bonchev–Trinajstić information content (AvgIpc) is 3.12. The third kappa shape index (κ3) is 1.82. The van der Waals surface area contributed by atoms with Gasteiger partial charge in [-0.15, -0.1) is 0 Å². The summed E-state index contributed by atoms with van der Waals surface area (Å²) >= 11 is 0. The van der Waals surface area contributed by atoms with Crippen LogP contribution in [0.5, 0.6) is 11.5 Å². The normalized spacial score (nSPS) is 35.9. The number of carbonyl (C=O) groups is 3. The molecule has 1 aromatic rings. The van der Waals surface area contributed by atoms with Gasteiger partial charge in [-0.3, -0.25) is 9.59 Å². The number of phenols is 2. The smallest absolute Gasteiger partial charge is 0.336 e. The molecule has 0 radical (unpaired) electrons. The van der Waals surface area contributed by atoms with Crippen LogP contribution in [0, 0.1) is 10.8 Å². The van der Waals surface area contributed by atoms with Crippen LogP contribution in [0.4, 0.5) is 0 Å². The maximum atomic E-state index is 12.7. The molecule has 25 heavy (non-hydrogen) atoms. The van der Waals surface area contributed by atoms with Crippen molar-refractivity contribution in [3.63, 3.8) is 0 Å². The molecule has 2 saturated heterocycles. The van der Waals surface area contributed by atoms with Gasteiger partial charge < -0.3 is 24.8 Å². The summed E-state index contributed by atoms with van der Waals surface area (Å²) in [4.78, 5) is 37.1. The van der Waals surface area contributed by atoms with Crippen molar-refractivity contribution in [2.24, 2.45) is 10.8 Å². The summed E-state index contributed by atoms with van der Waals surface area (Å²) in [5.74, 6) is -2.58. The fourth-order valence-electron chi connectivity index (χ4n) is 4.56. The van der Waals surface area contributed by atoms with Crippen molar-refractivity contribution in [2.75, 3.05) is 6.61 Å². The number of hydrogen-bond acceptors (Lipinski definition) is 8. The Morgan fingerprint density at radius 1 is 1.28 bits per heavy atom. The molecule has 8 heteroatoms. The fraction of sp³-hybridized carbons (Fsp3) is 0.471. The van der Waals surface area contributed by atoms with Crippen molar-refractivity contribution in [2.45, 2.75) is 31.5 Å². The first-order valence-electron chi connectivity index (χ1n) is 7.93. The van der Waals surface area contributed by atoms with Crippen LogP contribution >= 0.6 is 0 Å². The molecule has 3 fully saturated rings. The van der Waals surface area contributed by atoms with Gasteiger partial charge in [0.1, 0.15) is 24.2 Å². The van der Waals surface area contributed by atoms with Gasteiger partial charge in [0.25, 0.3) is 0 Å². The van der Waals surface area contributed by atoms with E-state index in [1.807, 2.05) is 0 Å². The molecule has 1 spiro atoms. The highest BCUT2D eigenvalue weighted by atomic mass is 16.6. The Bertz CT molecular complexity index is 802. The predicted octanol–water partition coefficient (Wildman–Crippen LogP) is 0.280. The second-order valence-corrected chi connectivity index (χ2v) is 6.87. The van der Waals surface area contributed by atoms with Crippen molar-refractivity contribution in [3.05, 3.63) is 23.8 Å². The molecule has 2 aliphatic heterocycles. The van der Waals surface area contributed by atoms with E-state index in [0.717, 1.165) is 6.07 Å². The number of cyclic esters (lactones) is 1. The Balaban J connectivity index is 1.75. The van der Waals surface area contributed by atoms with Gasteiger partial charge in [-0.2, -0.15) is 0 Å². The molecule has 4 rings (SSSR count). The third-order valence-electron chi connectivity index (χ3n) is 5.84. The summed E-state index contributed by atoms with van der Waals surface area (Å²) in [6.07, 6.45) is -2.01. The number of aliphatic hydroxyl groups is 1. The van der Waals surface area contributed by atoms with Gasteiger partial charge in [-0.1, -0.05) is 0 Å². The number of aromatic hydroxyl groups is 2. The summed E-state index contributed by atoms with van der Waals surface area (Å²) < 4.78 is 10.3. The highest BCUT2D eigenvalue weighted by Crippen LogP contribution is 2.65. The molecule has 0 aromatic heterocycles. The summed E-state index contributed by atoms with van der Waals surface area (Å²) in [7, 11) is 0. The molecule has 8 nitrogen and oxygen atoms in total. The molecule has 0 amide bonds. The van der Waals surface area contributed by atoms with Crippen LogP contribution in [0.25, 0.3) is 0 Å². The zero-order chi connectivity index (χ0) is 18.0. The Morgan fingerprint density at radius 2 is 2.04 bits per heavy atom. The minimum Gasteiger partial charge on any atom is -0.508 e. The minimum absolute atomic E-state index is 0.132. The number of esters is 2. The van der Waals surface area contributed by atoms with Gasteiger partial charge in [0.15, 0.2) is 11.9 Å². The number of aliphatic hydroxyl groups excluding tert-OH is 1. The first-order chi connectivity index (χ1) is 11.8. The Morgan fingerprint density at radius 3 is 2.80 bits per heavy atom. The molecular formula is C17H16O8. The maximum Gasteiger partial charge on any atom is 0.336 e. The summed E-state index contributed by atoms with van der Waals surface area (Å²) in [5, 5.41) is 29.8. The number of ether oxygens (including phenoxy) is 2. The van der Waals surface area contributed by atoms with E-state index in [4.69, 9.17) is 9.47 Å². The zero-order valence-electron chi connectivity index (χ0n) is 13.1. The molecule has 0 bridgehead atoms. The minimum atomic E-state index is -1.54. The van der Waals surface area contributed by atoms with E-state index in [9.17, 15) is 29.7 Å². The lowest BCUT2D eigenvalue weighted by Gasteiger charge is -2.34. The monoisotopic (exact) mass is 348 g/mol. The standard InChI is InChI=1S/C17H16O8/c18-8-1-2-10(19)9(5-8)11(20)6-16-4-3-12-17(16,7-24-15(16)23)13(21)14(22)25-12/h1-2,5,12-13,18-19,21H,3-4,6-7H2/t12?,13-,16-,17+/m1/s1. The quantitative estimate of drug-likeness (QED) is 0.403. The number of rotatable bonds is 3. The molecule has 1 saturated carbocycles. The van der Waals surface area contributed by atoms with Crippen LogP contribution in [0.15, 0.2) is 18.2 Å². The van der Waals surface area contributed by atoms with E-state index < -0.39 is 40.8 Å². The number of ketones is 1. The second kappa shape index (κ2) is 4.95. The second-order valence-electron chi connectivity index (χ2n) is 6.87.